The first-order chi connectivity index (χ1) is 5.69. The van der Waals surface area contributed by atoms with Crippen molar-refractivity contribution in [1.82, 2.24) is 4.23 Å². The normalized spacial score (nSPS) is 12.9. The summed E-state index contributed by atoms with van der Waals surface area (Å²) in [5.74, 6) is 0. The average molecular weight is 307 g/mol. The number of alkyl halides is 1. The highest BCUT2D eigenvalue weighted by atomic mass is 79.9. The van der Waals surface area contributed by atoms with E-state index in [1.165, 1.54) is 13.0 Å². The van der Waals surface area contributed by atoms with Crippen LogP contribution in [-0.2, 0) is 0 Å². The highest BCUT2D eigenvalue weighted by Crippen LogP contribution is 2.19. The molecule has 0 aromatic carbocycles. The lowest BCUT2D eigenvalue weighted by Gasteiger charge is -2.43. The number of rotatable bonds is 5. The predicted octanol–water partition coefficient (Wildman–Crippen LogP) is 3.36. The fourth-order valence-corrected chi connectivity index (χ4v) is 11.9. The average Bonchev–Trinajstić information content (AvgIpc) is 1.81. The zero-order chi connectivity index (χ0) is 10.7. The molecule has 5 heteroatoms. The first-order valence-electron chi connectivity index (χ1n) is 5.03. The van der Waals surface area contributed by atoms with Crippen LogP contribution in [0.2, 0.25) is 39.3 Å². The van der Waals surface area contributed by atoms with E-state index in [2.05, 4.69) is 59.4 Å². The van der Waals surface area contributed by atoms with Gasteiger partial charge in [-0.2, -0.15) is 0 Å². The van der Waals surface area contributed by atoms with Crippen LogP contribution in [0, 0.1) is 0 Å². The first-order valence-corrected chi connectivity index (χ1v) is 13.0. The van der Waals surface area contributed by atoms with Gasteiger partial charge in [0.15, 0.2) is 0 Å². The first kappa shape index (κ1) is 18.0. The third-order valence-corrected chi connectivity index (χ3v) is 10.4. The van der Waals surface area contributed by atoms with Crippen molar-refractivity contribution in [1.29, 1.82) is 0 Å². The van der Waals surface area contributed by atoms with Gasteiger partial charge in [-0.25, -0.2) is 0 Å². The van der Waals surface area contributed by atoms with Crippen LogP contribution in [0.3, 0.4) is 0 Å². The van der Waals surface area contributed by atoms with E-state index in [1.807, 2.05) is 0 Å². The summed E-state index contributed by atoms with van der Waals surface area (Å²) in [7, 11) is -2.17. The van der Waals surface area contributed by atoms with Crippen LogP contribution in [0.4, 0.5) is 0 Å². The molecule has 0 atom stereocenters. The quantitative estimate of drug-likeness (QED) is 0.556. The molecule has 0 amide bonds. The van der Waals surface area contributed by atoms with Crippen molar-refractivity contribution in [2.75, 3.05) is 11.9 Å². The summed E-state index contributed by atoms with van der Waals surface area (Å²) in [6.07, 6.45) is 1.29. The Balaban J connectivity index is 0. The molecule has 0 spiro atoms. The Kier molecular flexibility index (Phi) is 9.09. The maximum absolute atomic E-state index is 3.52. The van der Waals surface area contributed by atoms with Crippen LogP contribution < -0.4 is 0 Å². The van der Waals surface area contributed by atoms with Crippen molar-refractivity contribution in [3.8, 4) is 0 Å². The van der Waals surface area contributed by atoms with Crippen LogP contribution in [0.1, 0.15) is 6.42 Å². The van der Waals surface area contributed by atoms with Crippen LogP contribution in [0.25, 0.3) is 0 Å². The SMILES string of the molecule is C[Si](C)(C)N(CCCBr)[Si](C)(C)C.[Mg]. The Morgan fingerprint density at radius 1 is 0.929 bits per heavy atom. The fraction of sp³-hybridized carbons (Fsp3) is 1.00. The lowest BCUT2D eigenvalue weighted by molar-refractivity contribution is 0.606. The molecule has 0 saturated heterocycles. The Morgan fingerprint density at radius 3 is 1.50 bits per heavy atom. The summed E-state index contributed by atoms with van der Waals surface area (Å²) in [5.41, 5.74) is 0. The molecule has 0 aliphatic heterocycles. The molecule has 0 saturated carbocycles. The summed E-state index contributed by atoms with van der Waals surface area (Å²) in [5, 5.41) is 1.14. The van der Waals surface area contributed by atoms with E-state index >= 15 is 0 Å². The van der Waals surface area contributed by atoms with Gasteiger partial charge in [0.1, 0.15) is 16.5 Å². The van der Waals surface area contributed by atoms with Crippen molar-refractivity contribution in [3.63, 3.8) is 0 Å². The van der Waals surface area contributed by atoms with Crippen molar-refractivity contribution >= 4 is 55.5 Å². The predicted molar refractivity (Wildman–Crippen MR) is 77.6 cm³/mol. The zero-order valence-electron chi connectivity index (χ0n) is 10.7. The summed E-state index contributed by atoms with van der Waals surface area (Å²) >= 11 is 3.52. The second kappa shape index (κ2) is 7.06. The molecule has 82 valence electrons. The van der Waals surface area contributed by atoms with Crippen molar-refractivity contribution in [2.24, 2.45) is 0 Å². The molecule has 0 aromatic rings. The Morgan fingerprint density at radius 2 is 1.29 bits per heavy atom. The molecular weight excluding hydrogens is 282 g/mol. The molecule has 0 aliphatic rings. The van der Waals surface area contributed by atoms with Crippen molar-refractivity contribution in [2.45, 2.75) is 45.7 Å². The molecule has 0 N–H and O–H groups in total. The molecule has 0 heterocycles. The molecule has 0 aliphatic carbocycles. The standard InChI is InChI=1S/C9H24BrNSi2.Mg/c1-12(2,3)11(9-7-8-10)13(4,5)6;/h7-9H2,1-6H3;. The number of halogens is 1. The molecule has 0 rings (SSSR count). The van der Waals surface area contributed by atoms with Crippen LogP contribution >= 0.6 is 15.9 Å². The summed E-state index contributed by atoms with van der Waals surface area (Å²) in [6.45, 7) is 16.0. The third kappa shape index (κ3) is 7.00. The summed E-state index contributed by atoms with van der Waals surface area (Å²) in [6, 6.07) is 0. The van der Waals surface area contributed by atoms with Gasteiger partial charge in [-0.05, 0) is 13.0 Å². The van der Waals surface area contributed by atoms with Crippen LogP contribution in [0.15, 0.2) is 0 Å². The molecule has 2 radical (unpaired) electrons. The van der Waals surface area contributed by atoms with Gasteiger partial charge in [-0.15, -0.1) is 0 Å². The summed E-state index contributed by atoms with van der Waals surface area (Å²) in [4.78, 5) is 0. The van der Waals surface area contributed by atoms with Gasteiger partial charge in [0.25, 0.3) is 0 Å². The monoisotopic (exact) mass is 305 g/mol. The maximum Gasteiger partial charge on any atom is 0.112 e. The zero-order valence-corrected chi connectivity index (χ0v) is 15.7. The van der Waals surface area contributed by atoms with Gasteiger partial charge in [-0.1, -0.05) is 55.2 Å². The lowest BCUT2D eigenvalue weighted by Crippen LogP contribution is -2.59. The van der Waals surface area contributed by atoms with E-state index in [4.69, 9.17) is 0 Å². The molecule has 14 heavy (non-hydrogen) atoms. The van der Waals surface area contributed by atoms with Crippen molar-refractivity contribution < 1.29 is 0 Å². The van der Waals surface area contributed by atoms with E-state index < -0.39 is 16.5 Å². The molecule has 0 unspecified atom stereocenters. The van der Waals surface area contributed by atoms with Crippen molar-refractivity contribution in [3.05, 3.63) is 0 Å². The maximum atomic E-state index is 3.52. The van der Waals surface area contributed by atoms with Gasteiger partial charge in [-0.3, -0.25) is 0 Å². The van der Waals surface area contributed by atoms with Crippen LogP contribution in [-0.4, -0.2) is 55.6 Å². The topological polar surface area (TPSA) is 3.24 Å². The fourth-order valence-electron chi connectivity index (χ4n) is 1.89. The second-order valence-electron chi connectivity index (χ2n) is 5.54. The number of hydrogen-bond donors (Lipinski definition) is 0. The minimum Gasteiger partial charge on any atom is -0.346 e. The largest absolute Gasteiger partial charge is 0.346 e. The number of hydrogen-bond acceptors (Lipinski definition) is 1. The smallest absolute Gasteiger partial charge is 0.112 e. The van der Waals surface area contributed by atoms with Gasteiger partial charge in [0, 0.05) is 28.4 Å². The number of nitrogens with zero attached hydrogens (tertiary/aromatic N) is 1. The summed E-state index contributed by atoms with van der Waals surface area (Å²) < 4.78 is 2.83. The Labute approximate surface area is 116 Å². The molecule has 0 bridgehead atoms. The highest BCUT2D eigenvalue weighted by Gasteiger charge is 2.33. The van der Waals surface area contributed by atoms with Crippen LogP contribution in [0.5, 0.6) is 0 Å². The molecule has 0 aromatic heterocycles. The molecule has 0 fully saturated rings. The minimum atomic E-state index is -1.09. The van der Waals surface area contributed by atoms with Gasteiger partial charge in [0.2, 0.25) is 0 Å². The van der Waals surface area contributed by atoms with Gasteiger partial charge in [0.05, 0.1) is 0 Å². The van der Waals surface area contributed by atoms with E-state index in [0.717, 1.165) is 5.33 Å². The molecular formula is C9H24BrMgNSi2. The van der Waals surface area contributed by atoms with E-state index in [1.54, 1.807) is 0 Å². The molecule has 1 nitrogen and oxygen atoms in total. The second-order valence-corrected chi connectivity index (χ2v) is 16.5. The van der Waals surface area contributed by atoms with E-state index in [-0.39, 0.29) is 23.1 Å². The Bertz CT molecular complexity index is 140. The minimum absolute atomic E-state index is 0. The third-order valence-electron chi connectivity index (χ3n) is 2.13. The Hall–Kier alpha value is 1.64. The highest BCUT2D eigenvalue weighted by molar-refractivity contribution is 9.09. The lowest BCUT2D eigenvalue weighted by atomic mass is 10.5. The van der Waals surface area contributed by atoms with E-state index in [0.29, 0.717) is 0 Å². The van der Waals surface area contributed by atoms with E-state index in [9.17, 15) is 0 Å². The van der Waals surface area contributed by atoms with Gasteiger partial charge >= 0.3 is 0 Å². The van der Waals surface area contributed by atoms with Gasteiger partial charge < -0.3 is 4.23 Å².